The average molecular weight is 344 g/mol. The van der Waals surface area contributed by atoms with Crippen molar-refractivity contribution in [1.82, 2.24) is 10.2 Å². The number of hydrogen-bond acceptors (Lipinski definition) is 3. The maximum Gasteiger partial charge on any atom is 0.231 e. The summed E-state index contributed by atoms with van der Waals surface area (Å²) in [6.45, 7) is 1.89. The van der Waals surface area contributed by atoms with E-state index in [0.29, 0.717) is 10.6 Å². The minimum absolute atomic E-state index is 0.0738. The summed E-state index contributed by atoms with van der Waals surface area (Å²) in [6.07, 6.45) is 0.247. The molecule has 3 N–H and O–H groups in total. The Bertz CT molecular complexity index is 817. The van der Waals surface area contributed by atoms with Crippen molar-refractivity contribution in [2.75, 3.05) is 7.05 Å². The maximum atomic E-state index is 12.1. The summed E-state index contributed by atoms with van der Waals surface area (Å²) < 4.78 is 0. The maximum absolute atomic E-state index is 12.1. The van der Waals surface area contributed by atoms with E-state index in [2.05, 4.69) is 5.32 Å². The van der Waals surface area contributed by atoms with Crippen LogP contribution in [0.1, 0.15) is 18.9 Å². The number of amides is 1. The molecule has 1 amide bonds. The molecular weight excluding hydrogens is 326 g/mol. The summed E-state index contributed by atoms with van der Waals surface area (Å²) in [5.74, 6) is 0.101. The van der Waals surface area contributed by atoms with Gasteiger partial charge in [0.25, 0.3) is 0 Å². The predicted molar refractivity (Wildman–Crippen MR) is 94.2 cm³/mol. The third-order valence-electron chi connectivity index (χ3n) is 4.38. The van der Waals surface area contributed by atoms with Gasteiger partial charge in [0.15, 0.2) is 5.96 Å². The van der Waals surface area contributed by atoms with Crippen molar-refractivity contribution >= 4 is 23.5 Å². The molecule has 2 aromatic rings. The first-order chi connectivity index (χ1) is 11.3. The van der Waals surface area contributed by atoms with Crippen molar-refractivity contribution in [3.05, 3.63) is 53.1 Å². The van der Waals surface area contributed by atoms with E-state index in [1.165, 1.54) is 4.90 Å². The van der Waals surface area contributed by atoms with Gasteiger partial charge < -0.3 is 10.4 Å². The summed E-state index contributed by atoms with van der Waals surface area (Å²) in [6, 6.07) is 12.4. The summed E-state index contributed by atoms with van der Waals surface area (Å²) in [5, 5.41) is 21.7. The second-order valence-electron chi connectivity index (χ2n) is 6.18. The molecule has 1 fully saturated rings. The number of aromatic hydroxyl groups is 1. The van der Waals surface area contributed by atoms with Gasteiger partial charge in [-0.1, -0.05) is 29.8 Å². The largest absolute Gasteiger partial charge is 0.507 e. The Morgan fingerprint density at radius 3 is 2.75 bits per heavy atom. The number of carbonyl (C=O) groups excluding carboxylic acids is 1. The molecule has 0 spiro atoms. The Morgan fingerprint density at radius 1 is 1.29 bits per heavy atom. The van der Waals surface area contributed by atoms with Gasteiger partial charge >= 0.3 is 0 Å². The van der Waals surface area contributed by atoms with Crippen LogP contribution in [0.5, 0.6) is 5.75 Å². The normalized spacial score (nSPS) is 20.9. The van der Waals surface area contributed by atoms with E-state index in [9.17, 15) is 9.90 Å². The van der Waals surface area contributed by atoms with Crippen molar-refractivity contribution in [3.63, 3.8) is 0 Å². The number of halogens is 1. The van der Waals surface area contributed by atoms with E-state index in [-0.39, 0.29) is 24.0 Å². The zero-order chi connectivity index (χ0) is 17.5. The number of nitrogens with zero attached hydrogens (tertiary/aromatic N) is 1. The fraction of sp³-hybridized carbons (Fsp3) is 0.222. The second-order valence-corrected chi connectivity index (χ2v) is 6.61. The number of guanidine groups is 1. The third kappa shape index (κ3) is 2.83. The number of phenols is 1. The van der Waals surface area contributed by atoms with Gasteiger partial charge in [0.05, 0.1) is 12.0 Å². The Kier molecular flexibility index (Phi) is 3.97. The van der Waals surface area contributed by atoms with Crippen LogP contribution in [-0.4, -0.2) is 28.9 Å². The summed E-state index contributed by atoms with van der Waals surface area (Å²) in [7, 11) is 1.58. The standard InChI is InChI=1S/C18H18ClN3O2/c1-18(10-16(24)22(2)17(20)21-18)12-5-3-4-11(8-12)14-9-13(19)6-7-15(14)23/h3-9,23H,10H2,1-2H3,(H2,20,21)/t18-/m0/s1. The van der Waals surface area contributed by atoms with Gasteiger partial charge in [-0.15, -0.1) is 0 Å². The van der Waals surface area contributed by atoms with Crippen molar-refractivity contribution in [3.8, 4) is 16.9 Å². The zero-order valence-electron chi connectivity index (χ0n) is 13.4. The first-order valence-corrected chi connectivity index (χ1v) is 7.91. The molecule has 0 bridgehead atoms. The monoisotopic (exact) mass is 343 g/mol. The quantitative estimate of drug-likeness (QED) is 0.783. The van der Waals surface area contributed by atoms with Crippen LogP contribution in [-0.2, 0) is 10.3 Å². The molecule has 1 heterocycles. The highest BCUT2D eigenvalue weighted by Crippen LogP contribution is 2.35. The number of hydrogen-bond donors (Lipinski definition) is 3. The second kappa shape index (κ2) is 5.83. The van der Waals surface area contributed by atoms with Crippen LogP contribution in [0.3, 0.4) is 0 Å². The molecule has 1 aliphatic rings. The lowest BCUT2D eigenvalue weighted by molar-refractivity contribution is -0.129. The SMILES string of the molecule is CN1C(=N)N[C@](C)(c2cccc(-c3cc(Cl)ccc3O)c2)CC1=O. The molecule has 124 valence electrons. The first kappa shape index (κ1) is 16.3. The lowest BCUT2D eigenvalue weighted by Gasteiger charge is -2.39. The van der Waals surface area contributed by atoms with E-state index in [4.69, 9.17) is 17.0 Å². The van der Waals surface area contributed by atoms with Crippen LogP contribution in [0.2, 0.25) is 5.02 Å². The van der Waals surface area contributed by atoms with Crippen LogP contribution < -0.4 is 5.32 Å². The highest BCUT2D eigenvalue weighted by atomic mass is 35.5. The molecular formula is C18H18ClN3O2. The highest BCUT2D eigenvalue weighted by molar-refractivity contribution is 6.31. The van der Waals surface area contributed by atoms with Crippen molar-refractivity contribution in [2.45, 2.75) is 18.9 Å². The average Bonchev–Trinajstić information content (AvgIpc) is 2.55. The number of rotatable bonds is 2. The van der Waals surface area contributed by atoms with Gasteiger partial charge in [-0.05, 0) is 42.3 Å². The number of carbonyl (C=O) groups is 1. The van der Waals surface area contributed by atoms with E-state index in [0.717, 1.165) is 11.1 Å². The Morgan fingerprint density at radius 2 is 2.04 bits per heavy atom. The van der Waals surface area contributed by atoms with Gasteiger partial charge in [0.2, 0.25) is 5.91 Å². The first-order valence-electron chi connectivity index (χ1n) is 7.53. The smallest absolute Gasteiger partial charge is 0.231 e. The molecule has 1 saturated heterocycles. The van der Waals surface area contributed by atoms with Gasteiger partial charge in [-0.2, -0.15) is 0 Å². The van der Waals surface area contributed by atoms with Crippen molar-refractivity contribution < 1.29 is 9.90 Å². The van der Waals surface area contributed by atoms with Crippen molar-refractivity contribution in [2.24, 2.45) is 0 Å². The minimum atomic E-state index is -0.676. The molecule has 0 unspecified atom stereocenters. The van der Waals surface area contributed by atoms with Gasteiger partial charge in [-0.3, -0.25) is 15.1 Å². The van der Waals surface area contributed by atoms with E-state index in [1.54, 1.807) is 25.2 Å². The van der Waals surface area contributed by atoms with Gasteiger partial charge in [0.1, 0.15) is 5.75 Å². The van der Waals surface area contributed by atoms with Crippen LogP contribution >= 0.6 is 11.6 Å². The molecule has 5 nitrogen and oxygen atoms in total. The molecule has 24 heavy (non-hydrogen) atoms. The van der Waals surface area contributed by atoms with E-state index in [1.807, 2.05) is 31.2 Å². The van der Waals surface area contributed by atoms with Gasteiger partial charge in [0, 0.05) is 17.6 Å². The number of nitrogens with one attached hydrogen (secondary N) is 2. The Labute approximate surface area is 145 Å². The molecule has 3 rings (SSSR count). The molecule has 2 aromatic carbocycles. The van der Waals surface area contributed by atoms with Crippen LogP contribution in [0.15, 0.2) is 42.5 Å². The van der Waals surface area contributed by atoms with Crippen LogP contribution in [0, 0.1) is 5.41 Å². The molecule has 1 atom stereocenters. The number of phenolic OH excluding ortho intramolecular Hbond substituents is 1. The molecule has 0 aromatic heterocycles. The van der Waals surface area contributed by atoms with Gasteiger partial charge in [-0.25, -0.2) is 0 Å². The van der Waals surface area contributed by atoms with Crippen LogP contribution in [0.4, 0.5) is 0 Å². The molecule has 0 aliphatic carbocycles. The lowest BCUT2D eigenvalue weighted by Crippen LogP contribution is -2.58. The molecule has 0 saturated carbocycles. The lowest BCUT2D eigenvalue weighted by atomic mass is 9.85. The summed E-state index contributed by atoms with van der Waals surface area (Å²) >= 11 is 6.04. The topological polar surface area (TPSA) is 76.4 Å². The predicted octanol–water partition coefficient (Wildman–Crippen LogP) is 3.31. The fourth-order valence-electron chi connectivity index (χ4n) is 2.88. The summed E-state index contributed by atoms with van der Waals surface area (Å²) in [5.41, 5.74) is 1.62. The third-order valence-corrected chi connectivity index (χ3v) is 4.61. The molecule has 1 aliphatic heterocycles. The van der Waals surface area contributed by atoms with E-state index < -0.39 is 5.54 Å². The molecule has 6 heteroatoms. The zero-order valence-corrected chi connectivity index (χ0v) is 14.2. The van der Waals surface area contributed by atoms with Crippen molar-refractivity contribution in [1.29, 1.82) is 5.41 Å². The summed E-state index contributed by atoms with van der Waals surface area (Å²) in [4.78, 5) is 13.4. The Hall–Kier alpha value is -2.53. The molecule has 0 radical (unpaired) electrons. The minimum Gasteiger partial charge on any atom is -0.507 e. The van der Waals surface area contributed by atoms with E-state index >= 15 is 0 Å². The highest BCUT2D eigenvalue weighted by Gasteiger charge is 2.37. The fourth-order valence-corrected chi connectivity index (χ4v) is 3.05. The number of benzene rings is 2. The Balaban J connectivity index is 2.03. The van der Waals surface area contributed by atoms with Crippen LogP contribution in [0.25, 0.3) is 11.1 Å².